The smallest absolute Gasteiger partial charge is 0.244 e. The van der Waals surface area contributed by atoms with Gasteiger partial charge in [-0.2, -0.15) is 5.26 Å². The van der Waals surface area contributed by atoms with Crippen LogP contribution in [-0.2, 0) is 19.2 Å². The Morgan fingerprint density at radius 2 is 1.92 bits per heavy atom. The van der Waals surface area contributed by atoms with Crippen LogP contribution in [0, 0.1) is 22.7 Å². The number of carbonyl (C=O) groups excluding carboxylic acids is 4. The number of ketones is 1. The average Bonchev–Trinajstić information content (AvgIpc) is 3.59. The summed E-state index contributed by atoms with van der Waals surface area (Å²) in [6.45, 7) is 6.24. The quantitative estimate of drug-likeness (QED) is 0.193. The Hall–Kier alpha value is -3.26. The van der Waals surface area contributed by atoms with Gasteiger partial charge in [-0.3, -0.25) is 24.5 Å². The first kappa shape index (κ1) is 30.3. The minimum Gasteiger partial charge on any atom is -0.371 e. The molecular weight excluding hydrogens is 522 g/mol. The number of benzene rings is 1. The van der Waals surface area contributed by atoms with E-state index in [1.54, 1.807) is 12.1 Å². The Morgan fingerprint density at radius 1 is 1.21 bits per heavy atom. The van der Waals surface area contributed by atoms with Gasteiger partial charge in [0.05, 0.1) is 17.7 Å². The average molecular weight is 558 g/mol. The molecule has 39 heavy (non-hydrogen) atoms. The van der Waals surface area contributed by atoms with E-state index in [1.807, 2.05) is 26.8 Å². The summed E-state index contributed by atoms with van der Waals surface area (Å²) in [6, 6.07) is 4.62. The topological polar surface area (TPSA) is 160 Å². The number of hydrogen-bond acceptors (Lipinski definition) is 7. The minimum atomic E-state index is -1.47. The lowest BCUT2D eigenvalue weighted by molar-refractivity contribution is -0.136. The summed E-state index contributed by atoms with van der Waals surface area (Å²) in [5.41, 5.74) is 0.563. The molecule has 0 radical (unpaired) electrons. The number of aliphatic hydroxyl groups is 1. The van der Waals surface area contributed by atoms with Gasteiger partial charge in [-0.05, 0) is 61.3 Å². The van der Waals surface area contributed by atoms with E-state index >= 15 is 0 Å². The second kappa shape index (κ2) is 13.2. The molecule has 1 heterocycles. The van der Waals surface area contributed by atoms with Crippen molar-refractivity contribution in [2.75, 3.05) is 6.54 Å². The molecule has 1 aliphatic heterocycles. The standard InChI is InChI=1S/C28H36ClN5O5/c1-28(2,3)14-22(33-23(35)9-6-17-5-4-16(15-30)12-20(17)29)26(38)34-21(13-18-10-11-31-25(18)37)24(36)27(39)32-19-7-8-19/h4-6,9,12,18-19,21-22,27,32,39H,7-8,10-11,13-14H2,1-3H3,(H,31,37)(H,33,35)(H,34,38)/b9-6+/t18-,21?,22-,27?/m0/s1. The van der Waals surface area contributed by atoms with Crippen LogP contribution in [0.4, 0.5) is 0 Å². The van der Waals surface area contributed by atoms with Crippen molar-refractivity contribution in [1.29, 1.82) is 5.26 Å². The summed E-state index contributed by atoms with van der Waals surface area (Å²) in [5.74, 6) is -2.42. The second-order valence-electron chi connectivity index (χ2n) is 11.3. The van der Waals surface area contributed by atoms with E-state index in [2.05, 4.69) is 21.3 Å². The van der Waals surface area contributed by atoms with E-state index in [1.165, 1.54) is 18.2 Å². The van der Waals surface area contributed by atoms with Crippen LogP contribution in [0.25, 0.3) is 6.08 Å². The molecular formula is C28H36ClN5O5. The van der Waals surface area contributed by atoms with Gasteiger partial charge in [-0.25, -0.2) is 0 Å². The molecule has 210 valence electrons. The van der Waals surface area contributed by atoms with Crippen LogP contribution in [0.3, 0.4) is 0 Å². The number of nitrogens with one attached hydrogen (secondary N) is 4. The van der Waals surface area contributed by atoms with Crippen LogP contribution in [0.1, 0.15) is 64.0 Å². The highest BCUT2D eigenvalue weighted by Crippen LogP contribution is 2.24. The molecule has 1 aliphatic carbocycles. The van der Waals surface area contributed by atoms with Crippen LogP contribution in [-0.4, -0.2) is 59.5 Å². The van der Waals surface area contributed by atoms with Gasteiger partial charge in [0.2, 0.25) is 17.7 Å². The molecule has 0 aromatic heterocycles. The lowest BCUT2D eigenvalue weighted by Crippen LogP contribution is -2.56. The molecule has 10 nitrogen and oxygen atoms in total. The fraction of sp³-hybridized carbons (Fsp3) is 0.536. The van der Waals surface area contributed by atoms with Crippen LogP contribution < -0.4 is 21.3 Å². The molecule has 1 saturated carbocycles. The fourth-order valence-electron chi connectivity index (χ4n) is 4.36. The summed E-state index contributed by atoms with van der Waals surface area (Å²) >= 11 is 6.18. The van der Waals surface area contributed by atoms with Gasteiger partial charge < -0.3 is 21.1 Å². The fourth-order valence-corrected chi connectivity index (χ4v) is 4.60. The molecule has 3 rings (SSSR count). The monoisotopic (exact) mass is 557 g/mol. The Kier molecular flexibility index (Phi) is 10.2. The molecule has 2 unspecified atom stereocenters. The molecule has 1 saturated heterocycles. The van der Waals surface area contributed by atoms with Gasteiger partial charge in [0, 0.05) is 29.6 Å². The second-order valence-corrected chi connectivity index (χ2v) is 11.7. The van der Waals surface area contributed by atoms with Crippen molar-refractivity contribution in [3.8, 4) is 6.07 Å². The normalized spacial score (nSPS) is 19.6. The molecule has 11 heteroatoms. The Morgan fingerprint density at radius 3 is 2.49 bits per heavy atom. The highest BCUT2D eigenvalue weighted by molar-refractivity contribution is 6.32. The van der Waals surface area contributed by atoms with Crippen LogP contribution >= 0.6 is 11.6 Å². The van der Waals surface area contributed by atoms with Crippen LogP contribution in [0.2, 0.25) is 5.02 Å². The Balaban J connectivity index is 1.74. The Bertz CT molecular complexity index is 1170. The van der Waals surface area contributed by atoms with Gasteiger partial charge in [0.25, 0.3) is 0 Å². The number of rotatable bonds is 12. The first-order valence-electron chi connectivity index (χ1n) is 13.1. The van der Waals surface area contributed by atoms with Crippen molar-refractivity contribution in [2.45, 2.75) is 77.2 Å². The number of halogens is 1. The van der Waals surface area contributed by atoms with Crippen molar-refractivity contribution in [1.82, 2.24) is 21.3 Å². The van der Waals surface area contributed by atoms with Crippen molar-refractivity contribution in [2.24, 2.45) is 11.3 Å². The number of hydrogen-bond donors (Lipinski definition) is 5. The number of nitrogens with zero attached hydrogens (tertiary/aromatic N) is 1. The lowest BCUT2D eigenvalue weighted by Gasteiger charge is -2.29. The molecule has 1 aromatic carbocycles. The maximum atomic E-state index is 13.4. The molecule has 1 aromatic rings. The van der Waals surface area contributed by atoms with Crippen molar-refractivity contribution in [3.05, 3.63) is 40.4 Å². The number of amides is 3. The lowest BCUT2D eigenvalue weighted by atomic mass is 9.87. The number of Topliss-reactive ketones (excluding diaryl/α,β-unsaturated/α-hetero) is 1. The van der Waals surface area contributed by atoms with E-state index in [0.717, 1.165) is 12.8 Å². The predicted molar refractivity (Wildman–Crippen MR) is 146 cm³/mol. The van der Waals surface area contributed by atoms with E-state index in [-0.39, 0.29) is 30.2 Å². The third kappa shape index (κ3) is 9.46. The maximum absolute atomic E-state index is 13.4. The number of carbonyl (C=O) groups is 4. The predicted octanol–water partition coefficient (Wildman–Crippen LogP) is 1.80. The zero-order chi connectivity index (χ0) is 28.7. The van der Waals surface area contributed by atoms with Crippen LogP contribution in [0.5, 0.6) is 0 Å². The van der Waals surface area contributed by atoms with Crippen molar-refractivity contribution < 1.29 is 24.3 Å². The molecule has 4 atom stereocenters. The van der Waals surface area contributed by atoms with Crippen LogP contribution in [0.15, 0.2) is 24.3 Å². The Labute approximate surface area is 233 Å². The highest BCUT2D eigenvalue weighted by Gasteiger charge is 2.37. The first-order valence-corrected chi connectivity index (χ1v) is 13.5. The van der Waals surface area contributed by atoms with Crippen molar-refractivity contribution in [3.63, 3.8) is 0 Å². The first-order chi connectivity index (χ1) is 18.4. The molecule has 2 aliphatic rings. The zero-order valence-electron chi connectivity index (χ0n) is 22.4. The van der Waals surface area contributed by atoms with Gasteiger partial charge in [0.1, 0.15) is 6.04 Å². The summed E-state index contributed by atoms with van der Waals surface area (Å²) in [6.07, 6.45) is 3.80. The summed E-state index contributed by atoms with van der Waals surface area (Å²) < 4.78 is 0. The number of nitriles is 1. The van der Waals surface area contributed by atoms with E-state index in [9.17, 15) is 24.3 Å². The van der Waals surface area contributed by atoms with Crippen molar-refractivity contribution >= 4 is 41.2 Å². The van der Waals surface area contributed by atoms with E-state index < -0.39 is 41.8 Å². The van der Waals surface area contributed by atoms with E-state index in [4.69, 9.17) is 16.9 Å². The molecule has 2 fully saturated rings. The van der Waals surface area contributed by atoms with Gasteiger partial charge in [-0.1, -0.05) is 38.4 Å². The summed E-state index contributed by atoms with van der Waals surface area (Å²) in [7, 11) is 0. The SMILES string of the molecule is CC(C)(C)C[C@H](NC(=O)/C=C/c1ccc(C#N)cc1Cl)C(=O)NC(C[C@@H]1CCNC1=O)C(=O)C(O)NC1CC1. The highest BCUT2D eigenvalue weighted by atomic mass is 35.5. The molecule has 0 spiro atoms. The van der Waals surface area contributed by atoms with Gasteiger partial charge in [0.15, 0.2) is 12.0 Å². The zero-order valence-corrected chi connectivity index (χ0v) is 23.2. The van der Waals surface area contributed by atoms with Gasteiger partial charge >= 0.3 is 0 Å². The molecule has 5 N–H and O–H groups in total. The van der Waals surface area contributed by atoms with Gasteiger partial charge in [-0.15, -0.1) is 0 Å². The summed E-state index contributed by atoms with van der Waals surface area (Å²) in [4.78, 5) is 51.5. The minimum absolute atomic E-state index is 0.0487. The number of aliphatic hydroxyl groups excluding tert-OH is 1. The third-order valence-electron chi connectivity index (χ3n) is 6.58. The summed E-state index contributed by atoms with van der Waals surface area (Å²) in [5, 5.41) is 30.7. The largest absolute Gasteiger partial charge is 0.371 e. The third-order valence-corrected chi connectivity index (χ3v) is 6.90. The molecule has 3 amide bonds. The van der Waals surface area contributed by atoms with E-state index in [0.29, 0.717) is 29.1 Å². The maximum Gasteiger partial charge on any atom is 0.244 e. The molecule has 0 bridgehead atoms.